The Balaban J connectivity index is 0.00000462. The van der Waals surface area contributed by atoms with Crippen LogP contribution >= 0.6 is 0 Å². The van der Waals surface area contributed by atoms with Crippen molar-refractivity contribution in [3.63, 3.8) is 0 Å². The number of fused-ring (bicyclic) bond motifs is 1. The first-order chi connectivity index (χ1) is 19.2. The summed E-state index contributed by atoms with van der Waals surface area (Å²) in [5, 5.41) is 15.8. The van der Waals surface area contributed by atoms with Gasteiger partial charge in [0.1, 0.15) is 11.5 Å². The molecule has 4 aromatic rings. The van der Waals surface area contributed by atoms with Crippen molar-refractivity contribution < 1.29 is 27.8 Å². The van der Waals surface area contributed by atoms with Crippen LogP contribution in [-0.4, -0.2) is 75.3 Å². The maximum Gasteiger partial charge on any atom is 0.263 e. The molecule has 0 unspecified atom stereocenters. The lowest BCUT2D eigenvalue weighted by Crippen LogP contribution is -2.32. The van der Waals surface area contributed by atoms with Crippen LogP contribution in [0.5, 0.6) is 11.5 Å². The molecule has 0 aliphatic carbocycles. The maximum atomic E-state index is 13.4. The molecule has 0 spiro atoms. The van der Waals surface area contributed by atoms with Crippen molar-refractivity contribution in [2.24, 2.45) is 0 Å². The van der Waals surface area contributed by atoms with E-state index in [-0.39, 0.29) is 42.2 Å². The predicted molar refractivity (Wildman–Crippen MR) is 159 cm³/mol. The van der Waals surface area contributed by atoms with Gasteiger partial charge in [-0.3, -0.25) is 14.4 Å². The Bertz CT molecular complexity index is 1620. The van der Waals surface area contributed by atoms with E-state index in [2.05, 4.69) is 25.3 Å². The summed E-state index contributed by atoms with van der Waals surface area (Å²) in [7, 11) is 0.674. The van der Waals surface area contributed by atoms with Crippen LogP contribution in [0.25, 0.3) is 11.0 Å². The summed E-state index contributed by atoms with van der Waals surface area (Å²) < 4.78 is 39.6. The Hall–Kier alpha value is -4.46. The van der Waals surface area contributed by atoms with Gasteiger partial charge >= 0.3 is 0 Å². The van der Waals surface area contributed by atoms with E-state index in [1.807, 2.05) is 0 Å². The van der Waals surface area contributed by atoms with Crippen LogP contribution in [-0.2, 0) is 19.6 Å². The number of rotatable bonds is 12. The molecule has 4 rings (SSSR count). The zero-order chi connectivity index (χ0) is 28.7. The summed E-state index contributed by atoms with van der Waals surface area (Å²) in [6, 6.07) is 17.4. The molecular formula is C28H34N6O6S. The highest BCUT2D eigenvalue weighted by molar-refractivity contribution is 7.92. The first kappa shape index (κ1) is 31.1. The molecule has 0 radical (unpaired) electrons. The van der Waals surface area contributed by atoms with Crippen LogP contribution in [0.3, 0.4) is 0 Å². The second-order valence-electron chi connectivity index (χ2n) is 8.87. The summed E-state index contributed by atoms with van der Waals surface area (Å²) >= 11 is 0. The normalized spacial score (nSPS) is 11.1. The van der Waals surface area contributed by atoms with Gasteiger partial charge in [-0.1, -0.05) is 25.6 Å². The highest BCUT2D eigenvalue weighted by Gasteiger charge is 2.20. The van der Waals surface area contributed by atoms with Crippen LogP contribution in [0.15, 0.2) is 71.6 Å². The SMILES string of the molecule is C.COCCN(C)CC(=O)Nc1cccc(S(=O)(=O)Nc2nc3ccccc3nc2Nc2cc(O)cc(OC)c2)c1. The monoisotopic (exact) mass is 582 g/mol. The van der Waals surface area contributed by atoms with Gasteiger partial charge in [-0.2, -0.15) is 0 Å². The number of ether oxygens (including phenoxy) is 2. The van der Waals surface area contributed by atoms with E-state index in [0.29, 0.717) is 41.3 Å². The average Bonchev–Trinajstić information content (AvgIpc) is 2.91. The fourth-order valence-electron chi connectivity index (χ4n) is 3.77. The number of aromatic nitrogens is 2. The van der Waals surface area contributed by atoms with Crippen LogP contribution in [0.2, 0.25) is 0 Å². The molecule has 41 heavy (non-hydrogen) atoms. The van der Waals surface area contributed by atoms with Crippen LogP contribution in [0.4, 0.5) is 23.0 Å². The van der Waals surface area contributed by atoms with E-state index in [9.17, 15) is 18.3 Å². The Morgan fingerprint density at radius 2 is 1.66 bits per heavy atom. The molecule has 1 aromatic heterocycles. The number of hydrogen-bond acceptors (Lipinski definition) is 10. The van der Waals surface area contributed by atoms with Crippen LogP contribution < -0.4 is 20.1 Å². The van der Waals surface area contributed by atoms with Gasteiger partial charge in [-0.15, -0.1) is 0 Å². The van der Waals surface area contributed by atoms with Crippen molar-refractivity contribution in [3.8, 4) is 11.5 Å². The molecule has 0 atom stereocenters. The smallest absolute Gasteiger partial charge is 0.263 e. The van der Waals surface area contributed by atoms with Crippen LogP contribution in [0.1, 0.15) is 7.43 Å². The molecule has 0 fully saturated rings. The maximum absolute atomic E-state index is 13.4. The number of phenols is 1. The highest BCUT2D eigenvalue weighted by atomic mass is 32.2. The van der Waals surface area contributed by atoms with Gasteiger partial charge in [0, 0.05) is 43.2 Å². The molecule has 0 saturated heterocycles. The van der Waals surface area contributed by atoms with Crippen molar-refractivity contribution >= 4 is 50.0 Å². The average molecular weight is 583 g/mol. The number of benzene rings is 3. The molecule has 12 nitrogen and oxygen atoms in total. The largest absolute Gasteiger partial charge is 0.508 e. The summed E-state index contributed by atoms with van der Waals surface area (Å²) in [6.45, 7) is 1.16. The fourth-order valence-corrected chi connectivity index (χ4v) is 4.82. The number of methoxy groups -OCH3 is 2. The van der Waals surface area contributed by atoms with Crippen molar-refractivity contribution in [1.82, 2.24) is 14.9 Å². The molecule has 0 aliphatic heterocycles. The Morgan fingerprint density at radius 1 is 0.951 bits per heavy atom. The zero-order valence-corrected chi connectivity index (χ0v) is 23.0. The van der Waals surface area contributed by atoms with E-state index >= 15 is 0 Å². The second kappa shape index (κ2) is 13.7. The Kier molecular flexibility index (Phi) is 10.4. The van der Waals surface area contributed by atoms with Crippen molar-refractivity contribution in [2.45, 2.75) is 12.3 Å². The third kappa shape index (κ3) is 8.27. The van der Waals surface area contributed by atoms with Crippen molar-refractivity contribution in [1.29, 1.82) is 0 Å². The third-order valence-electron chi connectivity index (χ3n) is 5.71. The first-order valence-electron chi connectivity index (χ1n) is 12.2. The lowest BCUT2D eigenvalue weighted by atomic mass is 10.2. The lowest BCUT2D eigenvalue weighted by molar-refractivity contribution is -0.117. The van der Waals surface area contributed by atoms with E-state index in [4.69, 9.17) is 9.47 Å². The van der Waals surface area contributed by atoms with Gasteiger partial charge in [0.05, 0.1) is 36.2 Å². The molecule has 1 amide bonds. The number of sulfonamides is 1. The number of nitrogens with zero attached hydrogens (tertiary/aromatic N) is 3. The topological polar surface area (TPSA) is 155 Å². The quantitative estimate of drug-likeness (QED) is 0.192. The lowest BCUT2D eigenvalue weighted by Gasteiger charge is -2.16. The molecule has 0 aliphatic rings. The van der Waals surface area contributed by atoms with Gasteiger partial charge in [-0.05, 0) is 37.4 Å². The number of carbonyl (C=O) groups is 1. The van der Waals surface area contributed by atoms with E-state index in [1.165, 1.54) is 37.4 Å². The number of phenolic OH excluding ortho intramolecular Hbond substituents is 1. The summed E-state index contributed by atoms with van der Waals surface area (Å²) in [4.78, 5) is 23.2. The molecule has 218 valence electrons. The molecule has 13 heteroatoms. The van der Waals surface area contributed by atoms with Crippen molar-refractivity contribution in [2.75, 3.05) is 56.3 Å². The number of amides is 1. The van der Waals surface area contributed by atoms with Gasteiger partial charge in [0.15, 0.2) is 11.6 Å². The molecular weight excluding hydrogens is 548 g/mol. The molecule has 4 N–H and O–H groups in total. The predicted octanol–water partition coefficient (Wildman–Crippen LogP) is 4.04. The van der Waals surface area contributed by atoms with E-state index in [0.717, 1.165) is 0 Å². The number of para-hydroxylation sites is 2. The number of aromatic hydroxyl groups is 1. The number of hydrogen-bond donors (Lipinski definition) is 4. The Labute approximate surface area is 239 Å². The minimum absolute atomic E-state index is 0. The van der Waals surface area contributed by atoms with Gasteiger partial charge < -0.3 is 25.2 Å². The van der Waals surface area contributed by atoms with Gasteiger partial charge in [0.25, 0.3) is 10.0 Å². The summed E-state index contributed by atoms with van der Waals surface area (Å²) in [5.74, 6) is 0.0897. The van der Waals surface area contributed by atoms with E-state index in [1.54, 1.807) is 55.5 Å². The second-order valence-corrected chi connectivity index (χ2v) is 10.5. The van der Waals surface area contributed by atoms with E-state index < -0.39 is 10.0 Å². The Morgan fingerprint density at radius 3 is 2.34 bits per heavy atom. The van der Waals surface area contributed by atoms with Crippen LogP contribution in [0, 0.1) is 0 Å². The minimum atomic E-state index is -4.16. The third-order valence-corrected chi connectivity index (χ3v) is 7.05. The number of nitrogens with one attached hydrogen (secondary N) is 3. The fraction of sp³-hybridized carbons (Fsp3) is 0.250. The number of likely N-dealkylation sites (N-methyl/N-ethyl adjacent to an activating group) is 1. The zero-order valence-electron chi connectivity index (χ0n) is 22.2. The standard InChI is InChI=1S/C27H30N6O6S.CH4/c1-33(11-12-38-2)17-25(35)28-18-7-6-8-22(15-18)40(36,37)32-27-26(30-23-9-4-5-10-24(23)31-27)29-19-13-20(34)16-21(14-19)39-3;/h4-10,13-16,34H,11-12,17H2,1-3H3,(H,28,35)(H,29,30)(H,31,32);1H4. The molecule has 1 heterocycles. The number of carbonyl (C=O) groups excluding carboxylic acids is 1. The molecule has 0 saturated carbocycles. The first-order valence-corrected chi connectivity index (χ1v) is 13.7. The van der Waals surface area contributed by atoms with Gasteiger partial charge in [-0.25, -0.2) is 18.4 Å². The van der Waals surface area contributed by atoms with Crippen molar-refractivity contribution in [3.05, 3.63) is 66.7 Å². The number of anilines is 4. The molecule has 0 bridgehead atoms. The van der Waals surface area contributed by atoms with Gasteiger partial charge in [0.2, 0.25) is 5.91 Å². The summed E-state index contributed by atoms with van der Waals surface area (Å²) in [6.07, 6.45) is 0. The summed E-state index contributed by atoms with van der Waals surface area (Å²) in [5.41, 5.74) is 1.72. The highest BCUT2D eigenvalue weighted by Crippen LogP contribution is 2.31. The molecule has 3 aromatic carbocycles. The minimum Gasteiger partial charge on any atom is -0.508 e.